The highest BCUT2D eigenvalue weighted by molar-refractivity contribution is 9.10. The summed E-state index contributed by atoms with van der Waals surface area (Å²) < 4.78 is 0.765. The van der Waals surface area contributed by atoms with Crippen LogP contribution >= 0.6 is 39.1 Å². The Hall–Kier alpha value is -0.840. The molecule has 2 rings (SSSR count). The Balaban J connectivity index is 2.55. The number of anilines is 1. The van der Waals surface area contributed by atoms with Crippen LogP contribution < -0.4 is 4.90 Å². The molecule has 94 valence electrons. The zero-order valence-corrected chi connectivity index (χ0v) is 12.4. The SMILES string of the molecule is Cc1cc(Br)cc2c1N(CC(Cl)=CCl)C(=O)C2=O. The number of ketones is 1. The van der Waals surface area contributed by atoms with Gasteiger partial charge in [-0.05, 0) is 24.6 Å². The minimum absolute atomic E-state index is 0.102. The van der Waals surface area contributed by atoms with Gasteiger partial charge >= 0.3 is 0 Å². The Morgan fingerprint density at radius 3 is 2.72 bits per heavy atom. The van der Waals surface area contributed by atoms with E-state index in [2.05, 4.69) is 15.9 Å². The van der Waals surface area contributed by atoms with Crippen LogP contribution in [0.25, 0.3) is 0 Å². The summed E-state index contributed by atoms with van der Waals surface area (Å²) in [6, 6.07) is 3.48. The molecule has 0 saturated carbocycles. The minimum Gasteiger partial charge on any atom is -0.299 e. The zero-order chi connectivity index (χ0) is 13.4. The van der Waals surface area contributed by atoms with Gasteiger partial charge in [0.05, 0.1) is 17.8 Å². The Morgan fingerprint density at radius 1 is 1.44 bits per heavy atom. The van der Waals surface area contributed by atoms with Crippen molar-refractivity contribution in [1.29, 1.82) is 0 Å². The number of amides is 1. The first-order chi connectivity index (χ1) is 8.45. The molecule has 0 bridgehead atoms. The highest BCUT2D eigenvalue weighted by Gasteiger charge is 2.37. The molecule has 0 unspecified atom stereocenters. The van der Waals surface area contributed by atoms with Gasteiger partial charge in [-0.15, -0.1) is 0 Å². The molecule has 0 aliphatic carbocycles. The average molecular weight is 349 g/mol. The predicted octanol–water partition coefficient (Wildman–Crippen LogP) is 3.61. The van der Waals surface area contributed by atoms with Gasteiger partial charge in [0.15, 0.2) is 0 Å². The average Bonchev–Trinajstić information content (AvgIpc) is 2.54. The Morgan fingerprint density at radius 2 is 2.11 bits per heavy atom. The standard InChI is InChI=1S/C12H8BrCl2NO2/c1-6-2-7(13)3-9-10(6)16(5-8(15)4-14)12(18)11(9)17/h2-4H,5H2,1H3. The van der Waals surface area contributed by atoms with Crippen molar-refractivity contribution in [3.63, 3.8) is 0 Å². The number of Topliss-reactive ketones (excluding diaryl/α,β-unsaturated/α-hetero) is 1. The minimum atomic E-state index is -0.581. The molecule has 0 aromatic heterocycles. The van der Waals surface area contributed by atoms with Gasteiger partial charge in [0.25, 0.3) is 11.7 Å². The number of halogens is 3. The maximum atomic E-state index is 11.9. The van der Waals surface area contributed by atoms with E-state index in [0.29, 0.717) is 16.3 Å². The van der Waals surface area contributed by atoms with Crippen LogP contribution in [0.3, 0.4) is 0 Å². The van der Waals surface area contributed by atoms with Crippen LogP contribution in [-0.2, 0) is 4.79 Å². The van der Waals surface area contributed by atoms with Crippen LogP contribution in [0.2, 0.25) is 0 Å². The molecular formula is C12H8BrCl2NO2. The smallest absolute Gasteiger partial charge is 0.299 e. The molecular weight excluding hydrogens is 341 g/mol. The van der Waals surface area contributed by atoms with E-state index in [-0.39, 0.29) is 6.54 Å². The van der Waals surface area contributed by atoms with Crippen molar-refractivity contribution < 1.29 is 9.59 Å². The second-order valence-electron chi connectivity index (χ2n) is 3.90. The molecule has 1 aliphatic heterocycles. The molecule has 0 N–H and O–H groups in total. The quantitative estimate of drug-likeness (QED) is 0.765. The summed E-state index contributed by atoms with van der Waals surface area (Å²) in [4.78, 5) is 25.1. The Bertz CT molecular complexity index is 584. The predicted molar refractivity (Wildman–Crippen MR) is 75.4 cm³/mol. The molecule has 6 heteroatoms. The second kappa shape index (κ2) is 5.03. The maximum absolute atomic E-state index is 11.9. The van der Waals surface area contributed by atoms with Crippen LogP contribution in [0.15, 0.2) is 27.2 Å². The topological polar surface area (TPSA) is 37.4 Å². The molecule has 1 aromatic rings. The maximum Gasteiger partial charge on any atom is 0.299 e. The van der Waals surface area contributed by atoms with Gasteiger partial charge < -0.3 is 0 Å². The third kappa shape index (κ3) is 2.20. The zero-order valence-electron chi connectivity index (χ0n) is 9.34. The number of fused-ring (bicyclic) bond motifs is 1. The van der Waals surface area contributed by atoms with Crippen molar-refractivity contribution in [2.45, 2.75) is 6.92 Å². The fourth-order valence-electron chi connectivity index (χ4n) is 1.94. The molecule has 1 heterocycles. The monoisotopic (exact) mass is 347 g/mol. The molecule has 0 atom stereocenters. The summed E-state index contributed by atoms with van der Waals surface area (Å²) in [5, 5.41) is 0.299. The van der Waals surface area contributed by atoms with Crippen LogP contribution in [0, 0.1) is 6.92 Å². The first-order valence-electron chi connectivity index (χ1n) is 5.06. The third-order valence-corrected chi connectivity index (χ3v) is 3.71. The van der Waals surface area contributed by atoms with Crippen molar-refractivity contribution >= 4 is 56.5 Å². The fourth-order valence-corrected chi connectivity index (χ4v) is 2.70. The lowest BCUT2D eigenvalue weighted by atomic mass is 10.1. The number of carbonyl (C=O) groups excluding carboxylic acids is 2. The lowest BCUT2D eigenvalue weighted by molar-refractivity contribution is -0.114. The molecule has 1 amide bonds. The number of hydrogen-bond acceptors (Lipinski definition) is 2. The van der Waals surface area contributed by atoms with E-state index in [1.807, 2.05) is 13.0 Å². The van der Waals surface area contributed by atoms with E-state index in [0.717, 1.165) is 10.0 Å². The van der Waals surface area contributed by atoms with Gasteiger partial charge in [-0.1, -0.05) is 39.1 Å². The molecule has 18 heavy (non-hydrogen) atoms. The summed E-state index contributed by atoms with van der Waals surface area (Å²) in [5.41, 5.74) is 3.01. The van der Waals surface area contributed by atoms with Gasteiger partial charge in [0.1, 0.15) is 0 Å². The molecule has 0 radical (unpaired) electrons. The van der Waals surface area contributed by atoms with Gasteiger partial charge in [0.2, 0.25) is 0 Å². The van der Waals surface area contributed by atoms with Crippen molar-refractivity contribution in [1.82, 2.24) is 0 Å². The van der Waals surface area contributed by atoms with Crippen LogP contribution in [0.1, 0.15) is 15.9 Å². The van der Waals surface area contributed by atoms with Crippen molar-refractivity contribution in [3.05, 3.63) is 38.3 Å². The van der Waals surface area contributed by atoms with E-state index in [4.69, 9.17) is 23.2 Å². The number of aryl methyl sites for hydroxylation is 1. The molecule has 3 nitrogen and oxygen atoms in total. The highest BCUT2D eigenvalue weighted by atomic mass is 79.9. The number of carbonyl (C=O) groups is 2. The van der Waals surface area contributed by atoms with Crippen molar-refractivity contribution in [3.8, 4) is 0 Å². The fraction of sp³-hybridized carbons (Fsp3) is 0.167. The van der Waals surface area contributed by atoms with Gasteiger partial charge in [-0.3, -0.25) is 14.5 Å². The summed E-state index contributed by atoms with van der Waals surface area (Å²) in [5.74, 6) is -1.10. The largest absolute Gasteiger partial charge is 0.299 e. The van der Waals surface area contributed by atoms with Gasteiger partial charge in [0, 0.05) is 15.0 Å². The third-order valence-electron chi connectivity index (χ3n) is 2.65. The van der Waals surface area contributed by atoms with E-state index in [1.165, 1.54) is 10.4 Å². The normalized spacial score (nSPS) is 15.3. The summed E-state index contributed by atoms with van der Waals surface area (Å²) >= 11 is 14.6. The van der Waals surface area contributed by atoms with Gasteiger partial charge in [-0.25, -0.2) is 0 Å². The van der Waals surface area contributed by atoms with Crippen LogP contribution in [0.5, 0.6) is 0 Å². The Labute approximate surface area is 122 Å². The summed E-state index contributed by atoms with van der Waals surface area (Å²) in [6.07, 6.45) is 0. The second-order valence-corrected chi connectivity index (χ2v) is 5.51. The summed E-state index contributed by atoms with van der Waals surface area (Å²) in [6.45, 7) is 1.94. The number of nitrogens with zero attached hydrogens (tertiary/aromatic N) is 1. The van der Waals surface area contributed by atoms with Crippen molar-refractivity contribution in [2.75, 3.05) is 11.4 Å². The number of benzene rings is 1. The lowest BCUT2D eigenvalue weighted by Gasteiger charge is -2.17. The lowest BCUT2D eigenvalue weighted by Crippen LogP contribution is -2.31. The first-order valence-corrected chi connectivity index (χ1v) is 6.67. The molecule has 0 spiro atoms. The number of rotatable bonds is 2. The van der Waals surface area contributed by atoms with Gasteiger partial charge in [-0.2, -0.15) is 0 Å². The van der Waals surface area contributed by atoms with Crippen molar-refractivity contribution in [2.24, 2.45) is 0 Å². The van der Waals surface area contributed by atoms with E-state index >= 15 is 0 Å². The van der Waals surface area contributed by atoms with E-state index < -0.39 is 11.7 Å². The van der Waals surface area contributed by atoms with E-state index in [9.17, 15) is 9.59 Å². The van der Waals surface area contributed by atoms with E-state index in [1.54, 1.807) is 6.07 Å². The Kier molecular flexibility index (Phi) is 3.80. The van der Waals surface area contributed by atoms with Crippen LogP contribution in [0.4, 0.5) is 5.69 Å². The van der Waals surface area contributed by atoms with Crippen LogP contribution in [-0.4, -0.2) is 18.2 Å². The first kappa shape index (κ1) is 13.6. The molecule has 1 aliphatic rings. The molecule has 0 saturated heterocycles. The molecule has 1 aromatic carbocycles. The molecule has 0 fully saturated rings. The highest BCUT2D eigenvalue weighted by Crippen LogP contribution is 2.35. The number of hydrogen-bond donors (Lipinski definition) is 0. The summed E-state index contributed by atoms with van der Waals surface area (Å²) in [7, 11) is 0.